The zero-order valence-electron chi connectivity index (χ0n) is 11.1. The molecule has 0 saturated carbocycles. The average Bonchev–Trinajstić information content (AvgIpc) is 2.82. The lowest BCUT2D eigenvalue weighted by Crippen LogP contribution is -2.32. The standard InChI is InChI=1S/C14H19NO3S/c1-2-15(8-7-13(16)17)14(18)12-9-10-5-3-4-6-11(10)19-12/h9H,2-8H2,1H3,(H,16,17). The van der Waals surface area contributed by atoms with Gasteiger partial charge in [-0.1, -0.05) is 0 Å². The first-order valence-corrected chi connectivity index (χ1v) is 7.56. The molecule has 5 heteroatoms. The number of thiophene rings is 1. The number of carbonyl (C=O) groups excluding carboxylic acids is 1. The van der Waals surface area contributed by atoms with Gasteiger partial charge in [-0.15, -0.1) is 11.3 Å². The molecule has 0 aromatic carbocycles. The predicted molar refractivity (Wildman–Crippen MR) is 74.8 cm³/mol. The fourth-order valence-electron chi connectivity index (χ4n) is 2.39. The summed E-state index contributed by atoms with van der Waals surface area (Å²) < 4.78 is 0. The summed E-state index contributed by atoms with van der Waals surface area (Å²) in [5.41, 5.74) is 1.31. The molecule has 0 atom stereocenters. The van der Waals surface area contributed by atoms with Crippen LogP contribution in [0.15, 0.2) is 6.07 Å². The van der Waals surface area contributed by atoms with E-state index in [0.29, 0.717) is 6.54 Å². The monoisotopic (exact) mass is 281 g/mol. The summed E-state index contributed by atoms with van der Waals surface area (Å²) in [6.45, 7) is 2.72. The van der Waals surface area contributed by atoms with Crippen molar-refractivity contribution in [2.75, 3.05) is 13.1 Å². The third kappa shape index (κ3) is 3.35. The number of rotatable bonds is 5. The van der Waals surface area contributed by atoms with Crippen LogP contribution in [-0.4, -0.2) is 35.0 Å². The Morgan fingerprint density at radius 1 is 1.37 bits per heavy atom. The minimum absolute atomic E-state index is 0.00463. The summed E-state index contributed by atoms with van der Waals surface area (Å²) in [7, 11) is 0. The number of hydrogen-bond acceptors (Lipinski definition) is 3. The highest BCUT2D eigenvalue weighted by Gasteiger charge is 2.21. The van der Waals surface area contributed by atoms with Crippen molar-refractivity contribution in [2.24, 2.45) is 0 Å². The fourth-order valence-corrected chi connectivity index (χ4v) is 3.61. The topological polar surface area (TPSA) is 57.6 Å². The van der Waals surface area contributed by atoms with E-state index in [1.54, 1.807) is 16.2 Å². The first-order valence-electron chi connectivity index (χ1n) is 6.74. The summed E-state index contributed by atoms with van der Waals surface area (Å²) in [6, 6.07) is 2.00. The number of carboxylic acid groups (broad SMARTS) is 1. The number of carboxylic acids is 1. The highest BCUT2D eigenvalue weighted by Crippen LogP contribution is 2.30. The largest absolute Gasteiger partial charge is 0.481 e. The van der Waals surface area contributed by atoms with Gasteiger partial charge in [-0.3, -0.25) is 9.59 Å². The lowest BCUT2D eigenvalue weighted by atomic mass is 9.99. The molecule has 1 N–H and O–H groups in total. The van der Waals surface area contributed by atoms with Crippen LogP contribution < -0.4 is 0 Å². The van der Waals surface area contributed by atoms with Crippen LogP contribution >= 0.6 is 11.3 Å². The molecule has 0 radical (unpaired) electrons. The van der Waals surface area contributed by atoms with Crippen LogP contribution in [0.3, 0.4) is 0 Å². The number of aliphatic carboxylic acids is 1. The molecule has 0 saturated heterocycles. The third-order valence-electron chi connectivity index (χ3n) is 3.47. The summed E-state index contributed by atoms with van der Waals surface area (Å²) in [4.78, 5) is 26.7. The number of amides is 1. The van der Waals surface area contributed by atoms with Crippen LogP contribution in [0.25, 0.3) is 0 Å². The lowest BCUT2D eigenvalue weighted by molar-refractivity contribution is -0.137. The Balaban J connectivity index is 2.08. The van der Waals surface area contributed by atoms with Crippen molar-refractivity contribution in [1.29, 1.82) is 0 Å². The van der Waals surface area contributed by atoms with Gasteiger partial charge in [-0.2, -0.15) is 0 Å². The van der Waals surface area contributed by atoms with E-state index in [1.165, 1.54) is 23.3 Å². The van der Waals surface area contributed by atoms with Gasteiger partial charge < -0.3 is 10.0 Å². The first-order chi connectivity index (χ1) is 9.11. The molecule has 19 heavy (non-hydrogen) atoms. The van der Waals surface area contributed by atoms with Gasteiger partial charge in [0.25, 0.3) is 5.91 Å². The lowest BCUT2D eigenvalue weighted by Gasteiger charge is -2.18. The van der Waals surface area contributed by atoms with Crippen LogP contribution in [0.4, 0.5) is 0 Å². The second-order valence-electron chi connectivity index (χ2n) is 4.79. The molecule has 0 spiro atoms. The van der Waals surface area contributed by atoms with E-state index in [2.05, 4.69) is 0 Å². The van der Waals surface area contributed by atoms with Gasteiger partial charge in [0, 0.05) is 18.0 Å². The van der Waals surface area contributed by atoms with Crippen LogP contribution in [-0.2, 0) is 17.6 Å². The van der Waals surface area contributed by atoms with E-state index in [1.807, 2.05) is 13.0 Å². The van der Waals surface area contributed by atoms with Gasteiger partial charge in [0.15, 0.2) is 0 Å². The Morgan fingerprint density at radius 2 is 2.11 bits per heavy atom. The van der Waals surface area contributed by atoms with Crippen molar-refractivity contribution in [3.8, 4) is 0 Å². The average molecular weight is 281 g/mol. The molecule has 1 amide bonds. The van der Waals surface area contributed by atoms with E-state index in [9.17, 15) is 9.59 Å². The second kappa shape index (κ2) is 6.19. The summed E-state index contributed by atoms with van der Waals surface area (Å²) in [5.74, 6) is -0.889. The van der Waals surface area contributed by atoms with Gasteiger partial charge in [-0.25, -0.2) is 0 Å². The van der Waals surface area contributed by atoms with E-state index in [-0.39, 0.29) is 18.9 Å². The van der Waals surface area contributed by atoms with Gasteiger partial charge in [0.2, 0.25) is 0 Å². The van der Waals surface area contributed by atoms with Crippen LogP contribution in [0, 0.1) is 0 Å². The molecule has 0 unspecified atom stereocenters. The smallest absolute Gasteiger partial charge is 0.305 e. The van der Waals surface area contributed by atoms with Gasteiger partial charge in [0.05, 0.1) is 11.3 Å². The Hall–Kier alpha value is -1.36. The fraction of sp³-hybridized carbons (Fsp3) is 0.571. The Morgan fingerprint density at radius 3 is 2.74 bits per heavy atom. The molecular weight excluding hydrogens is 262 g/mol. The van der Waals surface area contributed by atoms with Gasteiger partial charge >= 0.3 is 5.97 Å². The minimum atomic E-state index is -0.864. The molecule has 1 heterocycles. The van der Waals surface area contributed by atoms with E-state index in [0.717, 1.165) is 17.7 Å². The van der Waals surface area contributed by atoms with Crippen molar-refractivity contribution in [3.63, 3.8) is 0 Å². The van der Waals surface area contributed by atoms with Crippen molar-refractivity contribution in [2.45, 2.75) is 39.0 Å². The number of aryl methyl sites for hydroxylation is 2. The molecule has 1 aromatic rings. The predicted octanol–water partition coefficient (Wildman–Crippen LogP) is 2.56. The van der Waals surface area contributed by atoms with Gasteiger partial charge in [-0.05, 0) is 44.2 Å². The molecule has 0 fully saturated rings. The maximum Gasteiger partial charge on any atom is 0.305 e. The number of fused-ring (bicyclic) bond motifs is 1. The number of hydrogen-bond donors (Lipinski definition) is 1. The van der Waals surface area contributed by atoms with E-state index < -0.39 is 5.97 Å². The number of nitrogens with zero attached hydrogens (tertiary/aromatic N) is 1. The molecule has 0 aliphatic heterocycles. The Bertz CT molecular complexity index is 458. The third-order valence-corrected chi connectivity index (χ3v) is 4.70. The molecule has 1 aliphatic carbocycles. The summed E-state index contributed by atoms with van der Waals surface area (Å²) >= 11 is 1.58. The maximum absolute atomic E-state index is 12.3. The second-order valence-corrected chi connectivity index (χ2v) is 5.93. The molecule has 1 aromatic heterocycles. The van der Waals surface area contributed by atoms with Crippen molar-refractivity contribution in [1.82, 2.24) is 4.90 Å². The highest BCUT2D eigenvalue weighted by atomic mass is 32.1. The summed E-state index contributed by atoms with van der Waals surface area (Å²) in [6.07, 6.45) is 4.56. The van der Waals surface area contributed by atoms with Crippen LogP contribution in [0.1, 0.15) is 46.3 Å². The quantitative estimate of drug-likeness (QED) is 0.902. The minimum Gasteiger partial charge on any atom is -0.481 e. The number of carbonyl (C=O) groups is 2. The molecule has 1 aliphatic rings. The van der Waals surface area contributed by atoms with Crippen molar-refractivity contribution < 1.29 is 14.7 Å². The zero-order chi connectivity index (χ0) is 13.8. The highest BCUT2D eigenvalue weighted by molar-refractivity contribution is 7.14. The van der Waals surface area contributed by atoms with Crippen molar-refractivity contribution in [3.05, 3.63) is 21.4 Å². The Labute approximate surface area is 117 Å². The van der Waals surface area contributed by atoms with Gasteiger partial charge in [0.1, 0.15) is 0 Å². The van der Waals surface area contributed by atoms with Crippen LogP contribution in [0.2, 0.25) is 0 Å². The van der Waals surface area contributed by atoms with E-state index >= 15 is 0 Å². The maximum atomic E-state index is 12.3. The van der Waals surface area contributed by atoms with Crippen LogP contribution in [0.5, 0.6) is 0 Å². The zero-order valence-corrected chi connectivity index (χ0v) is 12.0. The first kappa shape index (κ1) is 14.1. The van der Waals surface area contributed by atoms with E-state index in [4.69, 9.17) is 5.11 Å². The van der Waals surface area contributed by atoms with Crippen molar-refractivity contribution >= 4 is 23.2 Å². The molecule has 104 valence electrons. The normalized spacial score (nSPS) is 13.9. The molecule has 2 rings (SSSR count). The molecule has 0 bridgehead atoms. The Kier molecular flexibility index (Phi) is 4.58. The molecule has 4 nitrogen and oxygen atoms in total. The SMILES string of the molecule is CCN(CCC(=O)O)C(=O)c1cc2c(s1)CCCC2. The molecular formula is C14H19NO3S. The summed E-state index contributed by atoms with van der Waals surface area (Å²) in [5, 5.41) is 8.71.